The number of rotatable bonds is 8. The summed E-state index contributed by atoms with van der Waals surface area (Å²) >= 11 is 13.7. The van der Waals surface area contributed by atoms with Gasteiger partial charge in [-0.3, -0.25) is 14.4 Å². The van der Waals surface area contributed by atoms with Crippen molar-refractivity contribution in [3.8, 4) is 0 Å². The zero-order valence-electron chi connectivity index (χ0n) is 18.0. The van der Waals surface area contributed by atoms with Gasteiger partial charge >= 0.3 is 5.97 Å². The van der Waals surface area contributed by atoms with E-state index >= 15 is 0 Å². The summed E-state index contributed by atoms with van der Waals surface area (Å²) in [4.78, 5) is 37.9. The standard InChI is InChI=1S/C25H20Cl2N2O4S/c1-33-22(30)15-34-19-12-10-18(11-13-19)28-25(32)21(14-17-8-5-9-20(26)23(17)27)29-24(31)16-6-3-2-4-7-16/h2-14H,15H2,1H3,(H,28,32)(H,29,31)/b21-14-. The summed E-state index contributed by atoms with van der Waals surface area (Å²) in [5.74, 6) is -1.14. The predicted molar refractivity (Wildman–Crippen MR) is 136 cm³/mol. The van der Waals surface area contributed by atoms with Gasteiger partial charge in [-0.1, -0.05) is 53.5 Å². The van der Waals surface area contributed by atoms with E-state index in [0.29, 0.717) is 21.8 Å². The van der Waals surface area contributed by atoms with E-state index in [-0.39, 0.29) is 22.4 Å². The maximum Gasteiger partial charge on any atom is 0.315 e. The van der Waals surface area contributed by atoms with Gasteiger partial charge in [-0.25, -0.2) is 0 Å². The maximum absolute atomic E-state index is 13.1. The summed E-state index contributed by atoms with van der Waals surface area (Å²) in [7, 11) is 1.33. The van der Waals surface area contributed by atoms with Crippen molar-refractivity contribution in [1.82, 2.24) is 5.32 Å². The average Bonchev–Trinajstić information content (AvgIpc) is 2.86. The highest BCUT2D eigenvalue weighted by molar-refractivity contribution is 8.00. The monoisotopic (exact) mass is 514 g/mol. The fourth-order valence-corrected chi connectivity index (χ4v) is 3.86. The molecule has 6 nitrogen and oxygen atoms in total. The van der Waals surface area contributed by atoms with Crippen molar-refractivity contribution in [2.24, 2.45) is 0 Å². The molecule has 0 aliphatic carbocycles. The first-order chi connectivity index (χ1) is 16.4. The molecule has 0 spiro atoms. The molecule has 0 fully saturated rings. The van der Waals surface area contributed by atoms with Crippen LogP contribution in [0.2, 0.25) is 10.0 Å². The van der Waals surface area contributed by atoms with Crippen molar-refractivity contribution in [3.05, 3.63) is 99.7 Å². The molecule has 3 aromatic rings. The highest BCUT2D eigenvalue weighted by Gasteiger charge is 2.16. The number of amides is 2. The van der Waals surface area contributed by atoms with E-state index in [0.717, 1.165) is 4.90 Å². The lowest BCUT2D eigenvalue weighted by Gasteiger charge is -2.12. The van der Waals surface area contributed by atoms with Crippen LogP contribution in [-0.4, -0.2) is 30.6 Å². The van der Waals surface area contributed by atoms with E-state index in [1.807, 2.05) is 0 Å². The van der Waals surface area contributed by atoms with Crippen LogP contribution in [0.1, 0.15) is 15.9 Å². The second kappa shape index (κ2) is 12.3. The fourth-order valence-electron chi connectivity index (χ4n) is 2.76. The molecule has 0 bridgehead atoms. The second-order valence-electron chi connectivity index (χ2n) is 6.86. The van der Waals surface area contributed by atoms with Crippen molar-refractivity contribution in [1.29, 1.82) is 0 Å². The molecule has 9 heteroatoms. The molecule has 0 heterocycles. The number of methoxy groups -OCH3 is 1. The van der Waals surface area contributed by atoms with Crippen molar-refractivity contribution < 1.29 is 19.1 Å². The Kier molecular flexibility index (Phi) is 9.16. The normalized spacial score (nSPS) is 11.0. The van der Waals surface area contributed by atoms with Gasteiger partial charge in [0.1, 0.15) is 5.70 Å². The van der Waals surface area contributed by atoms with E-state index in [2.05, 4.69) is 15.4 Å². The lowest BCUT2D eigenvalue weighted by Crippen LogP contribution is -2.30. The fraction of sp³-hybridized carbons (Fsp3) is 0.0800. The Morgan fingerprint density at radius 2 is 1.65 bits per heavy atom. The van der Waals surface area contributed by atoms with E-state index < -0.39 is 11.8 Å². The van der Waals surface area contributed by atoms with Crippen LogP contribution < -0.4 is 10.6 Å². The van der Waals surface area contributed by atoms with Crippen molar-refractivity contribution >= 4 is 64.5 Å². The van der Waals surface area contributed by atoms with Crippen LogP contribution in [0, 0.1) is 0 Å². The summed E-state index contributed by atoms with van der Waals surface area (Å²) < 4.78 is 4.63. The highest BCUT2D eigenvalue weighted by Crippen LogP contribution is 2.27. The zero-order chi connectivity index (χ0) is 24.5. The molecule has 3 aromatic carbocycles. The minimum atomic E-state index is -0.546. The average molecular weight is 515 g/mol. The smallest absolute Gasteiger partial charge is 0.315 e. The van der Waals surface area contributed by atoms with Crippen LogP contribution in [0.3, 0.4) is 0 Å². The Balaban J connectivity index is 1.81. The number of carbonyl (C=O) groups is 3. The summed E-state index contributed by atoms with van der Waals surface area (Å²) in [6.45, 7) is 0. The molecule has 0 saturated carbocycles. The molecule has 0 radical (unpaired) electrons. The summed E-state index contributed by atoms with van der Waals surface area (Å²) in [5, 5.41) is 5.99. The minimum Gasteiger partial charge on any atom is -0.468 e. The van der Waals surface area contributed by atoms with Crippen molar-refractivity contribution in [2.45, 2.75) is 4.90 Å². The van der Waals surface area contributed by atoms with Gasteiger partial charge in [0, 0.05) is 16.1 Å². The summed E-state index contributed by atoms with van der Waals surface area (Å²) in [6.07, 6.45) is 1.46. The lowest BCUT2D eigenvalue weighted by atomic mass is 10.1. The van der Waals surface area contributed by atoms with E-state index in [9.17, 15) is 14.4 Å². The molecular formula is C25H20Cl2N2O4S. The Labute approximate surface area is 211 Å². The zero-order valence-corrected chi connectivity index (χ0v) is 20.3. The van der Waals surface area contributed by atoms with Gasteiger partial charge in [0.2, 0.25) is 0 Å². The van der Waals surface area contributed by atoms with Crippen molar-refractivity contribution in [2.75, 3.05) is 18.2 Å². The van der Waals surface area contributed by atoms with E-state index in [1.165, 1.54) is 24.9 Å². The third-order valence-corrected chi connectivity index (χ3v) is 6.33. The number of anilines is 1. The number of nitrogens with one attached hydrogen (secondary N) is 2. The van der Waals surface area contributed by atoms with E-state index in [4.69, 9.17) is 23.2 Å². The number of hydrogen-bond acceptors (Lipinski definition) is 5. The van der Waals surface area contributed by atoms with Gasteiger partial charge in [0.15, 0.2) is 0 Å². The van der Waals surface area contributed by atoms with E-state index in [1.54, 1.807) is 72.8 Å². The number of ether oxygens (including phenoxy) is 1. The quantitative estimate of drug-likeness (QED) is 0.230. The van der Waals surface area contributed by atoms with Crippen LogP contribution in [-0.2, 0) is 14.3 Å². The molecule has 174 valence electrons. The van der Waals surface area contributed by atoms with Crippen LogP contribution in [0.15, 0.2) is 83.4 Å². The molecule has 0 aliphatic rings. The number of thioether (sulfide) groups is 1. The Morgan fingerprint density at radius 3 is 2.32 bits per heavy atom. The number of carbonyl (C=O) groups excluding carboxylic acids is 3. The molecule has 0 saturated heterocycles. The molecule has 0 aromatic heterocycles. The van der Waals surface area contributed by atoms with Gasteiger partial charge in [0.05, 0.1) is 22.9 Å². The molecule has 2 N–H and O–H groups in total. The Bertz CT molecular complexity index is 1220. The maximum atomic E-state index is 13.1. The molecule has 34 heavy (non-hydrogen) atoms. The number of halogens is 2. The molecule has 2 amide bonds. The Morgan fingerprint density at radius 1 is 0.941 bits per heavy atom. The van der Waals surface area contributed by atoms with Gasteiger partial charge in [-0.05, 0) is 54.1 Å². The lowest BCUT2D eigenvalue weighted by molar-refractivity contribution is -0.137. The SMILES string of the molecule is COC(=O)CSc1ccc(NC(=O)/C(=C/c2cccc(Cl)c2Cl)NC(=O)c2ccccc2)cc1. The predicted octanol–water partition coefficient (Wildman–Crippen LogP) is 5.67. The molecule has 0 aliphatic heterocycles. The number of benzene rings is 3. The van der Waals surface area contributed by atoms with Crippen LogP contribution in [0.4, 0.5) is 5.69 Å². The Hall–Kier alpha value is -3.26. The molecular weight excluding hydrogens is 495 g/mol. The largest absolute Gasteiger partial charge is 0.468 e. The summed E-state index contributed by atoms with van der Waals surface area (Å²) in [6, 6.07) is 20.5. The number of hydrogen-bond donors (Lipinski definition) is 2. The number of esters is 1. The highest BCUT2D eigenvalue weighted by atomic mass is 35.5. The van der Waals surface area contributed by atoms with Gasteiger partial charge in [0.25, 0.3) is 11.8 Å². The van der Waals surface area contributed by atoms with Crippen LogP contribution >= 0.6 is 35.0 Å². The molecule has 3 rings (SSSR count). The summed E-state index contributed by atoms with van der Waals surface area (Å²) in [5.41, 5.74) is 1.36. The first kappa shape index (κ1) is 25.4. The van der Waals surface area contributed by atoms with Gasteiger partial charge in [-0.15, -0.1) is 11.8 Å². The third-order valence-electron chi connectivity index (χ3n) is 4.51. The minimum absolute atomic E-state index is 0.0119. The first-order valence-electron chi connectivity index (χ1n) is 10.0. The topological polar surface area (TPSA) is 84.5 Å². The van der Waals surface area contributed by atoms with Crippen LogP contribution in [0.25, 0.3) is 6.08 Å². The molecule has 0 atom stereocenters. The van der Waals surface area contributed by atoms with Gasteiger partial charge < -0.3 is 15.4 Å². The first-order valence-corrected chi connectivity index (χ1v) is 11.7. The van der Waals surface area contributed by atoms with Crippen molar-refractivity contribution in [3.63, 3.8) is 0 Å². The van der Waals surface area contributed by atoms with Gasteiger partial charge in [-0.2, -0.15) is 0 Å². The second-order valence-corrected chi connectivity index (χ2v) is 8.70. The van der Waals surface area contributed by atoms with Crippen LogP contribution in [0.5, 0.6) is 0 Å². The third kappa shape index (κ3) is 7.12. The molecule has 0 unspecified atom stereocenters.